The normalized spacial score (nSPS) is 13.4. The van der Waals surface area contributed by atoms with Crippen molar-refractivity contribution in [3.05, 3.63) is 71.8 Å². The fraction of sp³-hybridized carbons (Fsp3) is 0.333. The van der Waals surface area contributed by atoms with Gasteiger partial charge >= 0.3 is 0 Å². The number of nitrogens with zero attached hydrogens (tertiary/aromatic N) is 4. The van der Waals surface area contributed by atoms with Crippen LogP contribution in [-0.4, -0.2) is 66.0 Å². The molecule has 8 nitrogen and oxygen atoms in total. The van der Waals surface area contributed by atoms with Gasteiger partial charge in [-0.25, -0.2) is 9.97 Å². The van der Waals surface area contributed by atoms with Crippen LogP contribution in [0.4, 0.5) is 11.6 Å². The van der Waals surface area contributed by atoms with Gasteiger partial charge < -0.3 is 20.4 Å². The Morgan fingerprint density at radius 2 is 1.69 bits per heavy atom. The van der Waals surface area contributed by atoms with Gasteiger partial charge in [-0.1, -0.05) is 60.2 Å². The largest absolute Gasteiger partial charge is 0.368 e. The van der Waals surface area contributed by atoms with Gasteiger partial charge in [0.05, 0.1) is 6.42 Å². The van der Waals surface area contributed by atoms with Crippen molar-refractivity contribution in [2.24, 2.45) is 0 Å². The first kappa shape index (κ1) is 24.2. The Kier molecular flexibility index (Phi) is 7.92. The van der Waals surface area contributed by atoms with Gasteiger partial charge in [-0.2, -0.15) is 0 Å². The van der Waals surface area contributed by atoms with Crippen LogP contribution in [0.5, 0.6) is 0 Å². The van der Waals surface area contributed by atoms with Crippen molar-refractivity contribution in [1.29, 1.82) is 0 Å². The van der Waals surface area contributed by atoms with Crippen molar-refractivity contribution >= 4 is 23.5 Å². The Morgan fingerprint density at radius 1 is 0.914 bits per heavy atom. The van der Waals surface area contributed by atoms with Crippen LogP contribution >= 0.6 is 0 Å². The van der Waals surface area contributed by atoms with Crippen LogP contribution in [0, 0.1) is 6.92 Å². The monoisotopic (exact) mass is 472 g/mol. The van der Waals surface area contributed by atoms with Crippen molar-refractivity contribution in [3.8, 4) is 11.4 Å². The zero-order valence-electron chi connectivity index (χ0n) is 20.3. The summed E-state index contributed by atoms with van der Waals surface area (Å²) in [7, 11) is 0. The quantitative estimate of drug-likeness (QED) is 0.490. The molecule has 8 heteroatoms. The molecule has 0 aliphatic carbocycles. The van der Waals surface area contributed by atoms with Crippen LogP contribution in [0.15, 0.2) is 60.7 Å². The molecule has 2 aromatic carbocycles. The minimum absolute atomic E-state index is 0.0602. The van der Waals surface area contributed by atoms with Gasteiger partial charge in [-0.15, -0.1) is 0 Å². The average Bonchev–Trinajstić information content (AvgIpc) is 2.87. The molecule has 0 unspecified atom stereocenters. The number of rotatable bonds is 8. The molecule has 0 spiro atoms. The van der Waals surface area contributed by atoms with Crippen LogP contribution < -0.4 is 15.5 Å². The number of nitrogens with one attached hydrogen (secondary N) is 2. The van der Waals surface area contributed by atoms with Crippen molar-refractivity contribution < 1.29 is 9.59 Å². The summed E-state index contributed by atoms with van der Waals surface area (Å²) in [6.45, 7) is 7.33. The molecule has 2 N–H and O–H groups in total. The molecule has 1 saturated heterocycles. The summed E-state index contributed by atoms with van der Waals surface area (Å²) in [5, 5.41) is 6.07. The molecule has 2 amide bonds. The Morgan fingerprint density at radius 3 is 2.40 bits per heavy atom. The van der Waals surface area contributed by atoms with Crippen molar-refractivity contribution in [2.75, 3.05) is 49.5 Å². The molecule has 182 valence electrons. The van der Waals surface area contributed by atoms with Crippen LogP contribution in [0.2, 0.25) is 0 Å². The van der Waals surface area contributed by atoms with E-state index in [2.05, 4.69) is 26.6 Å². The second-order valence-electron chi connectivity index (χ2n) is 8.74. The first-order valence-electron chi connectivity index (χ1n) is 12.0. The third kappa shape index (κ3) is 6.79. The number of hydrogen-bond acceptors (Lipinski definition) is 6. The molecule has 1 aromatic heterocycles. The van der Waals surface area contributed by atoms with Crippen LogP contribution in [0.1, 0.15) is 18.1 Å². The molecule has 0 radical (unpaired) electrons. The molecule has 1 aliphatic rings. The van der Waals surface area contributed by atoms with E-state index in [1.165, 1.54) is 12.5 Å². The molecule has 2 heterocycles. The Bertz CT molecular complexity index is 1160. The van der Waals surface area contributed by atoms with E-state index in [0.717, 1.165) is 16.9 Å². The number of piperazine rings is 1. The molecule has 0 bridgehead atoms. The lowest BCUT2D eigenvalue weighted by molar-refractivity contribution is -0.130. The lowest BCUT2D eigenvalue weighted by atomic mass is 10.1. The van der Waals surface area contributed by atoms with E-state index in [-0.39, 0.29) is 11.8 Å². The smallest absolute Gasteiger partial charge is 0.227 e. The molecule has 35 heavy (non-hydrogen) atoms. The lowest BCUT2D eigenvalue weighted by Gasteiger charge is -2.35. The van der Waals surface area contributed by atoms with E-state index in [1.807, 2.05) is 66.4 Å². The third-order valence-electron chi connectivity index (χ3n) is 5.94. The van der Waals surface area contributed by atoms with Gasteiger partial charge in [0, 0.05) is 57.8 Å². The number of amides is 2. The number of aryl methyl sites for hydroxylation is 1. The Labute approximate surface area is 206 Å². The molecule has 1 fully saturated rings. The third-order valence-corrected chi connectivity index (χ3v) is 5.94. The molecule has 0 saturated carbocycles. The highest BCUT2D eigenvalue weighted by molar-refractivity contribution is 5.79. The predicted octanol–water partition coefficient (Wildman–Crippen LogP) is 2.89. The zero-order valence-corrected chi connectivity index (χ0v) is 20.3. The number of carbonyl (C=O) groups is 2. The van der Waals surface area contributed by atoms with E-state index in [4.69, 9.17) is 4.98 Å². The second-order valence-corrected chi connectivity index (χ2v) is 8.74. The molecule has 0 atom stereocenters. The number of benzene rings is 2. The summed E-state index contributed by atoms with van der Waals surface area (Å²) in [5.41, 5.74) is 3.15. The van der Waals surface area contributed by atoms with E-state index in [1.54, 1.807) is 0 Å². The number of hydrogen-bond donors (Lipinski definition) is 2. The maximum Gasteiger partial charge on any atom is 0.227 e. The summed E-state index contributed by atoms with van der Waals surface area (Å²) in [6.07, 6.45) is 0.426. The number of carbonyl (C=O) groups excluding carboxylic acids is 2. The fourth-order valence-corrected chi connectivity index (χ4v) is 4.13. The minimum Gasteiger partial charge on any atom is -0.368 e. The number of anilines is 2. The SMILES string of the molecule is CC(=O)NCCNc1cc(N2CCN(C(=O)Cc3cccc(C)c3)CC2)nc(-c2ccccc2)n1. The van der Waals surface area contributed by atoms with Gasteiger partial charge in [-0.3, -0.25) is 9.59 Å². The molecule has 4 rings (SSSR count). The van der Waals surface area contributed by atoms with Crippen LogP contribution in [0.25, 0.3) is 11.4 Å². The van der Waals surface area contributed by atoms with E-state index < -0.39 is 0 Å². The average molecular weight is 473 g/mol. The highest BCUT2D eigenvalue weighted by atomic mass is 16.2. The maximum absolute atomic E-state index is 12.9. The van der Waals surface area contributed by atoms with Crippen molar-refractivity contribution in [2.45, 2.75) is 20.3 Å². The zero-order chi connectivity index (χ0) is 24.6. The van der Waals surface area contributed by atoms with E-state index in [9.17, 15) is 9.59 Å². The van der Waals surface area contributed by atoms with Gasteiger partial charge in [0.2, 0.25) is 11.8 Å². The van der Waals surface area contributed by atoms with Crippen LogP contribution in [0.3, 0.4) is 0 Å². The van der Waals surface area contributed by atoms with Gasteiger partial charge in [0.15, 0.2) is 5.82 Å². The summed E-state index contributed by atoms with van der Waals surface area (Å²) in [5.74, 6) is 2.27. The van der Waals surface area contributed by atoms with E-state index in [0.29, 0.717) is 57.3 Å². The highest BCUT2D eigenvalue weighted by Gasteiger charge is 2.23. The van der Waals surface area contributed by atoms with Gasteiger partial charge in [-0.05, 0) is 12.5 Å². The first-order chi connectivity index (χ1) is 17.0. The molecule has 3 aromatic rings. The first-order valence-corrected chi connectivity index (χ1v) is 12.0. The van der Waals surface area contributed by atoms with E-state index >= 15 is 0 Å². The highest BCUT2D eigenvalue weighted by Crippen LogP contribution is 2.23. The lowest BCUT2D eigenvalue weighted by Crippen LogP contribution is -2.49. The summed E-state index contributed by atoms with van der Waals surface area (Å²) in [4.78, 5) is 37.7. The molecule has 1 aliphatic heterocycles. The van der Waals surface area contributed by atoms with Gasteiger partial charge in [0.25, 0.3) is 0 Å². The molecular weight excluding hydrogens is 440 g/mol. The second kappa shape index (κ2) is 11.5. The predicted molar refractivity (Wildman–Crippen MR) is 138 cm³/mol. The summed E-state index contributed by atoms with van der Waals surface area (Å²) >= 11 is 0. The Balaban J connectivity index is 1.44. The van der Waals surface area contributed by atoms with Crippen molar-refractivity contribution in [3.63, 3.8) is 0 Å². The Hall–Kier alpha value is -3.94. The van der Waals surface area contributed by atoms with Crippen LogP contribution in [-0.2, 0) is 16.0 Å². The summed E-state index contributed by atoms with van der Waals surface area (Å²) < 4.78 is 0. The fourth-order valence-electron chi connectivity index (χ4n) is 4.13. The maximum atomic E-state index is 12.9. The number of aromatic nitrogens is 2. The van der Waals surface area contributed by atoms with Gasteiger partial charge in [0.1, 0.15) is 11.6 Å². The van der Waals surface area contributed by atoms with Crippen molar-refractivity contribution in [1.82, 2.24) is 20.2 Å². The molecular formula is C27H32N6O2. The minimum atomic E-state index is -0.0602. The summed E-state index contributed by atoms with van der Waals surface area (Å²) in [6, 6.07) is 19.9. The topological polar surface area (TPSA) is 90.5 Å². The standard InChI is InChI=1S/C27H32N6O2/c1-20-7-6-8-22(17-20)18-26(35)33-15-13-32(14-16-33)25-19-24(29-12-11-28-21(2)34)30-27(31-25)23-9-4-3-5-10-23/h3-10,17,19H,11-16,18H2,1-2H3,(H,28,34)(H,29,30,31).